The maximum atomic E-state index is 12.9. The van der Waals surface area contributed by atoms with Gasteiger partial charge in [0.05, 0.1) is 11.0 Å². The van der Waals surface area contributed by atoms with E-state index in [9.17, 15) is 18.6 Å². The second kappa shape index (κ2) is 9.16. The molecular weight excluding hydrogens is 350 g/mol. The summed E-state index contributed by atoms with van der Waals surface area (Å²) in [4.78, 5) is 0.117. The maximum Gasteiger partial charge on any atom is 0.243 e. The molecule has 0 bridgehead atoms. The summed E-state index contributed by atoms with van der Waals surface area (Å²) >= 11 is 0. The molecule has 0 amide bonds. The average molecular weight is 378 g/mol. The van der Waals surface area contributed by atoms with Gasteiger partial charge in [-0.1, -0.05) is 44.2 Å². The lowest BCUT2D eigenvalue weighted by atomic mass is 10.1. The smallest absolute Gasteiger partial charge is 0.243 e. The van der Waals surface area contributed by atoms with Crippen molar-refractivity contribution in [3.63, 3.8) is 0 Å². The Morgan fingerprint density at radius 2 is 1.58 bits per heavy atom. The minimum Gasteiger partial charge on any atom is -0.508 e. The number of sulfonamides is 1. The Labute approximate surface area is 156 Å². The van der Waals surface area contributed by atoms with Gasteiger partial charge < -0.3 is 10.2 Å². The van der Waals surface area contributed by atoms with Crippen molar-refractivity contribution in [1.29, 1.82) is 0 Å². The fraction of sp³-hybridized carbons (Fsp3) is 0.400. The van der Waals surface area contributed by atoms with Gasteiger partial charge in [-0.15, -0.1) is 0 Å². The Bertz CT molecular complexity index is 773. The molecule has 0 radical (unpaired) electrons. The molecule has 0 unspecified atom stereocenters. The Hall–Kier alpha value is -1.89. The molecule has 2 aromatic carbocycles. The molecule has 142 valence electrons. The minimum absolute atomic E-state index is 0.0160. The lowest BCUT2D eigenvalue weighted by Gasteiger charge is -2.26. The summed E-state index contributed by atoms with van der Waals surface area (Å²) in [5, 5.41) is 19.8. The van der Waals surface area contributed by atoms with Gasteiger partial charge >= 0.3 is 0 Å². The lowest BCUT2D eigenvalue weighted by molar-refractivity contribution is 0.133. The highest BCUT2D eigenvalue weighted by molar-refractivity contribution is 7.89. The van der Waals surface area contributed by atoms with Gasteiger partial charge in [-0.25, -0.2) is 8.42 Å². The fourth-order valence-corrected chi connectivity index (χ4v) is 4.39. The first-order valence-corrected chi connectivity index (χ1v) is 10.2. The van der Waals surface area contributed by atoms with Crippen molar-refractivity contribution in [3.8, 4) is 5.75 Å². The van der Waals surface area contributed by atoms with Crippen LogP contribution in [0.4, 0.5) is 0 Å². The molecule has 1 atom stereocenters. The van der Waals surface area contributed by atoms with Gasteiger partial charge in [0.2, 0.25) is 10.0 Å². The molecule has 5 nitrogen and oxygen atoms in total. The number of aryl methyl sites for hydroxylation is 1. The summed E-state index contributed by atoms with van der Waals surface area (Å²) in [6.07, 6.45) is 0.432. The number of phenolic OH excluding ortho intramolecular Hbond substituents is 1. The number of hydrogen-bond acceptors (Lipinski definition) is 4. The van der Waals surface area contributed by atoms with E-state index < -0.39 is 16.1 Å². The predicted molar refractivity (Wildman–Crippen MR) is 102 cm³/mol. The van der Waals surface area contributed by atoms with Crippen LogP contribution < -0.4 is 0 Å². The largest absolute Gasteiger partial charge is 0.508 e. The fourth-order valence-electron chi connectivity index (χ4n) is 2.75. The van der Waals surface area contributed by atoms with Crippen LogP contribution in [0.15, 0.2) is 59.5 Å². The molecule has 2 aromatic rings. The third kappa shape index (κ3) is 5.83. The van der Waals surface area contributed by atoms with Crippen LogP contribution in [0, 0.1) is 5.92 Å². The van der Waals surface area contributed by atoms with Gasteiger partial charge in [-0.3, -0.25) is 0 Å². The molecule has 0 aromatic heterocycles. The van der Waals surface area contributed by atoms with Crippen LogP contribution in [0.25, 0.3) is 0 Å². The molecule has 0 aliphatic rings. The van der Waals surface area contributed by atoms with Gasteiger partial charge in [0, 0.05) is 13.1 Å². The Morgan fingerprint density at radius 1 is 0.962 bits per heavy atom. The lowest BCUT2D eigenvalue weighted by Crippen LogP contribution is -2.40. The number of rotatable bonds is 9. The topological polar surface area (TPSA) is 77.8 Å². The first kappa shape index (κ1) is 20.4. The first-order chi connectivity index (χ1) is 12.3. The van der Waals surface area contributed by atoms with Crippen LogP contribution in [-0.4, -0.2) is 42.1 Å². The second-order valence-electron chi connectivity index (χ2n) is 6.89. The summed E-state index contributed by atoms with van der Waals surface area (Å²) in [5.74, 6) is 0.144. The number of hydrogen-bond donors (Lipinski definition) is 2. The number of benzene rings is 2. The minimum atomic E-state index is -3.73. The van der Waals surface area contributed by atoms with E-state index in [-0.39, 0.29) is 23.1 Å². The van der Waals surface area contributed by atoms with Crippen LogP contribution in [0.1, 0.15) is 25.8 Å². The van der Waals surface area contributed by atoms with E-state index in [0.29, 0.717) is 19.4 Å². The first-order valence-electron chi connectivity index (χ1n) is 8.80. The van der Waals surface area contributed by atoms with E-state index in [1.165, 1.54) is 28.6 Å². The maximum absolute atomic E-state index is 12.9. The van der Waals surface area contributed by atoms with Crippen molar-refractivity contribution < 1.29 is 18.6 Å². The number of phenols is 1. The van der Waals surface area contributed by atoms with Gasteiger partial charge in [0.25, 0.3) is 0 Å². The number of nitrogens with zero attached hydrogens (tertiary/aromatic N) is 1. The summed E-state index contributed by atoms with van der Waals surface area (Å²) in [5.41, 5.74) is 1.11. The van der Waals surface area contributed by atoms with Crippen molar-refractivity contribution in [2.75, 3.05) is 13.1 Å². The highest BCUT2D eigenvalue weighted by Crippen LogP contribution is 2.21. The van der Waals surface area contributed by atoms with Crippen molar-refractivity contribution in [2.45, 2.75) is 37.7 Å². The normalized spacial score (nSPS) is 13.3. The molecule has 6 heteroatoms. The molecule has 2 N–H and O–H groups in total. The zero-order valence-electron chi connectivity index (χ0n) is 15.2. The van der Waals surface area contributed by atoms with Gasteiger partial charge in [-0.05, 0) is 48.6 Å². The number of aliphatic hydroxyl groups excluding tert-OH is 1. The molecule has 0 heterocycles. The summed E-state index contributed by atoms with van der Waals surface area (Å²) < 4.78 is 27.2. The zero-order chi connectivity index (χ0) is 19.2. The van der Waals surface area contributed by atoms with E-state index in [4.69, 9.17) is 0 Å². The SMILES string of the molecule is CC(C)CN(C[C@H](O)CCc1ccccc1)S(=O)(=O)c1ccc(O)cc1. The van der Waals surface area contributed by atoms with E-state index >= 15 is 0 Å². The zero-order valence-corrected chi connectivity index (χ0v) is 16.1. The van der Waals surface area contributed by atoms with E-state index in [1.54, 1.807) is 0 Å². The quantitative estimate of drug-likeness (QED) is 0.704. The molecule has 0 fully saturated rings. The Morgan fingerprint density at radius 3 is 2.15 bits per heavy atom. The predicted octanol–water partition coefficient (Wildman–Crippen LogP) is 3.03. The van der Waals surface area contributed by atoms with Crippen molar-refractivity contribution >= 4 is 10.0 Å². The molecule has 0 saturated heterocycles. The van der Waals surface area contributed by atoms with Crippen molar-refractivity contribution in [1.82, 2.24) is 4.31 Å². The average Bonchev–Trinajstić information content (AvgIpc) is 2.60. The van der Waals surface area contributed by atoms with E-state index in [1.807, 2.05) is 44.2 Å². The van der Waals surface area contributed by atoms with Crippen LogP contribution in [0.2, 0.25) is 0 Å². The third-order valence-corrected chi connectivity index (χ3v) is 5.91. The molecule has 26 heavy (non-hydrogen) atoms. The summed E-state index contributed by atoms with van der Waals surface area (Å²) in [6.45, 7) is 4.26. The van der Waals surface area contributed by atoms with Crippen LogP contribution in [-0.2, 0) is 16.4 Å². The van der Waals surface area contributed by atoms with Gasteiger partial charge in [0.15, 0.2) is 0 Å². The summed E-state index contributed by atoms with van der Waals surface area (Å²) in [7, 11) is -3.73. The Balaban J connectivity index is 2.09. The van der Waals surface area contributed by atoms with E-state index in [0.717, 1.165) is 5.56 Å². The van der Waals surface area contributed by atoms with E-state index in [2.05, 4.69) is 0 Å². The molecule has 2 rings (SSSR count). The monoisotopic (exact) mass is 377 g/mol. The molecule has 0 spiro atoms. The Kier molecular flexibility index (Phi) is 7.20. The second-order valence-corrected chi connectivity index (χ2v) is 8.83. The van der Waals surface area contributed by atoms with Crippen molar-refractivity contribution in [3.05, 3.63) is 60.2 Å². The van der Waals surface area contributed by atoms with Gasteiger partial charge in [0.1, 0.15) is 5.75 Å². The molecule has 0 aliphatic carbocycles. The number of aromatic hydroxyl groups is 1. The molecule has 0 aliphatic heterocycles. The highest BCUT2D eigenvalue weighted by Gasteiger charge is 2.27. The van der Waals surface area contributed by atoms with Gasteiger partial charge in [-0.2, -0.15) is 4.31 Å². The molecular formula is C20H27NO4S. The third-order valence-electron chi connectivity index (χ3n) is 4.07. The molecule has 0 saturated carbocycles. The highest BCUT2D eigenvalue weighted by atomic mass is 32.2. The summed E-state index contributed by atoms with van der Waals surface area (Å²) in [6, 6.07) is 15.3. The van der Waals surface area contributed by atoms with Crippen molar-refractivity contribution in [2.24, 2.45) is 5.92 Å². The standard InChI is InChI=1S/C20H27NO4S/c1-16(2)14-21(26(24,25)20-12-10-18(22)11-13-20)15-19(23)9-8-17-6-4-3-5-7-17/h3-7,10-13,16,19,22-23H,8-9,14-15H2,1-2H3/t19-/m1/s1. The van der Waals surface area contributed by atoms with Crippen LogP contribution in [0.3, 0.4) is 0 Å². The number of aliphatic hydroxyl groups is 1. The van der Waals surface area contributed by atoms with Crippen LogP contribution in [0.5, 0.6) is 5.75 Å². The van der Waals surface area contributed by atoms with Crippen LogP contribution >= 0.6 is 0 Å².